The Labute approximate surface area is 136 Å². The van der Waals surface area contributed by atoms with E-state index in [1.165, 1.54) is 0 Å². The van der Waals surface area contributed by atoms with Crippen LogP contribution >= 0.6 is 0 Å². The summed E-state index contributed by atoms with van der Waals surface area (Å²) in [6.45, 7) is 0. The number of hydrogen-bond donors (Lipinski definition) is 2. The molecule has 0 radical (unpaired) electrons. The number of nitro benzene ring substituents is 1. The van der Waals surface area contributed by atoms with Crippen molar-refractivity contribution >= 4 is 31.5 Å². The number of nitrogen functional groups attached to an aromatic ring is 1. The Balaban J connectivity index is 0.00000361. The number of benzene rings is 1. The summed E-state index contributed by atoms with van der Waals surface area (Å²) in [6, 6.07) is 0.872. The summed E-state index contributed by atoms with van der Waals surface area (Å²) < 4.78 is 57.7. The topological polar surface area (TPSA) is 173 Å². The van der Waals surface area contributed by atoms with Crippen LogP contribution in [-0.4, -0.2) is 33.4 Å². The van der Waals surface area contributed by atoms with Gasteiger partial charge in [0, 0.05) is 6.07 Å². The summed E-state index contributed by atoms with van der Waals surface area (Å²) in [7, 11) is -8.35. The molecule has 0 fully saturated rings. The van der Waals surface area contributed by atoms with Gasteiger partial charge in [0.2, 0.25) is 10.0 Å². The van der Waals surface area contributed by atoms with Crippen LogP contribution in [0.25, 0.3) is 0 Å². The van der Waals surface area contributed by atoms with E-state index < -0.39 is 46.2 Å². The van der Waals surface area contributed by atoms with E-state index in [1.807, 2.05) is 4.72 Å². The van der Waals surface area contributed by atoms with Gasteiger partial charge in [-0.25, -0.2) is 21.6 Å². The van der Waals surface area contributed by atoms with Gasteiger partial charge in [-0.15, -0.1) is 0 Å². The van der Waals surface area contributed by atoms with E-state index >= 15 is 0 Å². The molecule has 0 amide bonds. The number of nitrogens with two attached hydrogens (primary N) is 1. The molecule has 0 aliphatic rings. The third-order valence-corrected chi connectivity index (χ3v) is 4.45. The van der Waals surface area contributed by atoms with E-state index in [9.17, 15) is 31.5 Å². The molecule has 0 bridgehead atoms. The number of nitrogens with zero attached hydrogens (tertiary/aromatic N) is 1. The van der Waals surface area contributed by atoms with Crippen LogP contribution in [0.5, 0.6) is 0 Å². The van der Waals surface area contributed by atoms with E-state index in [0.717, 1.165) is 7.05 Å². The number of hydrogen-bond acceptors (Lipinski definition) is 8. The average molecular weight is 333 g/mol. The second kappa shape index (κ2) is 6.34. The van der Waals surface area contributed by atoms with Crippen LogP contribution in [0, 0.1) is 10.1 Å². The largest absolute Gasteiger partial charge is 1.00 e. The van der Waals surface area contributed by atoms with Gasteiger partial charge in [-0.1, -0.05) is 0 Å². The zero-order valence-electron chi connectivity index (χ0n) is 10.4. The van der Waals surface area contributed by atoms with Crippen molar-refractivity contribution in [2.45, 2.75) is 9.79 Å². The average Bonchev–Trinajstić information content (AvgIpc) is 2.26. The van der Waals surface area contributed by atoms with Crippen LogP contribution in [-0.2, 0) is 20.1 Å². The SMILES string of the molecule is CNS(=O)(=O)c1cc(S(=O)(=O)[O-])c([N+](=O)[O-])cc1N.[Na+]. The molecule has 0 aromatic heterocycles. The smallest absolute Gasteiger partial charge is 0.744 e. The Morgan fingerprint density at radius 3 is 2.05 bits per heavy atom. The molecule has 0 aliphatic carbocycles. The molecule has 0 aliphatic heterocycles. The molecule has 0 unspecified atom stereocenters. The molecule has 10 nitrogen and oxygen atoms in total. The molecular weight excluding hydrogens is 325 g/mol. The fourth-order valence-electron chi connectivity index (χ4n) is 1.25. The second-order valence-corrected chi connectivity index (χ2v) is 6.48. The third-order valence-electron chi connectivity index (χ3n) is 2.12. The van der Waals surface area contributed by atoms with Crippen molar-refractivity contribution in [2.24, 2.45) is 0 Å². The molecule has 0 spiro atoms. The van der Waals surface area contributed by atoms with Gasteiger partial charge in [0.05, 0.1) is 10.6 Å². The van der Waals surface area contributed by atoms with E-state index in [0.29, 0.717) is 12.1 Å². The normalized spacial score (nSPS) is 11.7. The first kappa shape index (κ1) is 19.2. The van der Waals surface area contributed by atoms with E-state index in [2.05, 4.69) is 0 Å². The number of sulfonamides is 1. The van der Waals surface area contributed by atoms with Crippen LogP contribution in [0.1, 0.15) is 0 Å². The molecule has 1 aromatic rings. The molecule has 0 saturated heterocycles. The Bertz CT molecular complexity index is 744. The van der Waals surface area contributed by atoms with Gasteiger partial charge in [0.15, 0.2) is 0 Å². The Kier molecular flexibility index (Phi) is 6.10. The molecule has 1 rings (SSSR count). The van der Waals surface area contributed by atoms with Gasteiger partial charge >= 0.3 is 29.6 Å². The third kappa shape index (κ3) is 3.88. The number of nitro groups is 1. The summed E-state index contributed by atoms with van der Waals surface area (Å²) in [4.78, 5) is 7.50. The molecular formula is C7H8N3NaO7S2. The minimum Gasteiger partial charge on any atom is -0.744 e. The maximum atomic E-state index is 11.5. The minimum absolute atomic E-state index is 0. The van der Waals surface area contributed by atoms with Crippen LogP contribution in [0.3, 0.4) is 0 Å². The fourth-order valence-corrected chi connectivity index (χ4v) is 2.84. The van der Waals surface area contributed by atoms with Crippen molar-refractivity contribution < 1.29 is 55.9 Å². The van der Waals surface area contributed by atoms with Crippen LogP contribution < -0.4 is 40.0 Å². The van der Waals surface area contributed by atoms with Crippen molar-refractivity contribution in [1.82, 2.24) is 4.72 Å². The standard InChI is InChI=1S/C7H9N3O7S2.Na/c1-9-18(13,14)6-3-7(19(15,16)17)5(10(11)12)2-4(6)8;/h2-3,9H,8H2,1H3,(H,15,16,17);/q;+1/p-1. The van der Waals surface area contributed by atoms with E-state index in [-0.39, 0.29) is 29.6 Å². The van der Waals surface area contributed by atoms with E-state index in [1.54, 1.807) is 0 Å². The minimum atomic E-state index is -5.23. The number of anilines is 1. The summed E-state index contributed by atoms with van der Waals surface area (Å²) in [6.07, 6.45) is 0. The first-order chi connectivity index (χ1) is 8.50. The zero-order chi connectivity index (χ0) is 15.0. The summed E-state index contributed by atoms with van der Waals surface area (Å²) in [5.41, 5.74) is 3.68. The fraction of sp³-hybridized carbons (Fsp3) is 0.143. The number of rotatable bonds is 4. The predicted octanol–water partition coefficient (Wildman–Crippen LogP) is -4.01. The van der Waals surface area contributed by atoms with Gasteiger partial charge in [-0.2, -0.15) is 0 Å². The molecule has 0 heterocycles. The molecule has 13 heteroatoms. The van der Waals surface area contributed by atoms with Crippen LogP contribution in [0.4, 0.5) is 11.4 Å². The molecule has 3 N–H and O–H groups in total. The number of nitrogens with one attached hydrogen (secondary N) is 1. The first-order valence-electron chi connectivity index (χ1n) is 4.48. The molecule has 1 aromatic carbocycles. The second-order valence-electron chi connectivity index (χ2n) is 3.28. The van der Waals surface area contributed by atoms with Gasteiger partial charge in [-0.3, -0.25) is 10.1 Å². The predicted molar refractivity (Wildman–Crippen MR) is 61.7 cm³/mol. The van der Waals surface area contributed by atoms with Gasteiger partial charge in [-0.05, 0) is 13.1 Å². The Hall–Kier alpha value is -0.760. The van der Waals surface area contributed by atoms with Crippen LogP contribution in [0.2, 0.25) is 0 Å². The van der Waals surface area contributed by atoms with Crippen molar-refractivity contribution in [2.75, 3.05) is 12.8 Å². The molecule has 20 heavy (non-hydrogen) atoms. The quantitative estimate of drug-likeness (QED) is 0.184. The first-order valence-corrected chi connectivity index (χ1v) is 7.37. The van der Waals surface area contributed by atoms with Gasteiger partial charge < -0.3 is 10.3 Å². The maximum absolute atomic E-state index is 11.5. The summed E-state index contributed by atoms with van der Waals surface area (Å²) in [5.74, 6) is 0. The van der Waals surface area contributed by atoms with Crippen molar-refractivity contribution in [3.05, 3.63) is 22.2 Å². The summed E-state index contributed by atoms with van der Waals surface area (Å²) >= 11 is 0. The molecule has 0 atom stereocenters. The van der Waals surface area contributed by atoms with Crippen molar-refractivity contribution in [3.63, 3.8) is 0 Å². The maximum Gasteiger partial charge on any atom is 1.00 e. The van der Waals surface area contributed by atoms with Crippen molar-refractivity contribution in [3.8, 4) is 0 Å². The summed E-state index contributed by atoms with van der Waals surface area (Å²) in [5, 5.41) is 10.6. The van der Waals surface area contributed by atoms with Crippen LogP contribution in [0.15, 0.2) is 21.9 Å². The van der Waals surface area contributed by atoms with E-state index in [4.69, 9.17) is 5.73 Å². The Morgan fingerprint density at radius 1 is 1.20 bits per heavy atom. The molecule has 0 saturated carbocycles. The Morgan fingerprint density at radius 2 is 1.70 bits per heavy atom. The van der Waals surface area contributed by atoms with Crippen molar-refractivity contribution in [1.29, 1.82) is 0 Å². The van der Waals surface area contributed by atoms with Gasteiger partial charge in [0.25, 0.3) is 5.69 Å². The zero-order valence-corrected chi connectivity index (χ0v) is 14.0. The molecule has 106 valence electrons. The van der Waals surface area contributed by atoms with Gasteiger partial charge in [0.1, 0.15) is 19.9 Å². The monoisotopic (exact) mass is 333 g/mol.